The molecule has 1 amide bonds. The minimum atomic E-state index is -0.625. The lowest BCUT2D eigenvalue weighted by atomic mass is 9.47. The second kappa shape index (κ2) is 9.37. The Balaban J connectivity index is 1.52. The number of carbonyl (C=O) groups excluding carboxylic acids is 1. The molecule has 1 aromatic heterocycles. The summed E-state index contributed by atoms with van der Waals surface area (Å²) in [5.41, 5.74) is 0.876. The molecule has 5 unspecified atom stereocenters. The Morgan fingerprint density at radius 2 is 2.03 bits per heavy atom. The Kier molecular flexibility index (Phi) is 6.57. The van der Waals surface area contributed by atoms with Gasteiger partial charge in [0.1, 0.15) is 5.75 Å². The summed E-state index contributed by atoms with van der Waals surface area (Å²) in [5.74, 6) is 0.354. The number of carbonyl (C=O) groups is 1. The summed E-state index contributed by atoms with van der Waals surface area (Å²) in [4.78, 5) is 21.6. The fourth-order valence-electron chi connectivity index (χ4n) is 6.85. The first-order chi connectivity index (χ1) is 16.7. The van der Waals surface area contributed by atoms with E-state index in [1.807, 2.05) is 17.9 Å². The van der Waals surface area contributed by atoms with E-state index < -0.39 is 11.5 Å². The third-order valence-corrected chi connectivity index (χ3v) is 10.1. The van der Waals surface area contributed by atoms with E-state index in [0.717, 1.165) is 60.2 Å². The van der Waals surface area contributed by atoms with E-state index in [4.69, 9.17) is 4.98 Å². The lowest BCUT2D eigenvalue weighted by Gasteiger charge is -2.58. The predicted octanol–water partition coefficient (Wildman–Crippen LogP) is 4.41. The van der Waals surface area contributed by atoms with Gasteiger partial charge in [0.15, 0.2) is 5.13 Å². The van der Waals surface area contributed by atoms with Crippen LogP contribution in [0.1, 0.15) is 68.9 Å². The molecule has 1 aromatic carbocycles. The summed E-state index contributed by atoms with van der Waals surface area (Å²) >= 11 is 1.58. The number of nitrogens with zero attached hydrogens (tertiary/aromatic N) is 2. The molecular weight excluding hydrogens is 462 g/mol. The second-order valence-electron chi connectivity index (χ2n) is 11.2. The first kappa shape index (κ1) is 24.5. The molecule has 1 saturated carbocycles. The Morgan fingerprint density at radius 1 is 1.26 bits per heavy atom. The van der Waals surface area contributed by atoms with Gasteiger partial charge in [-0.15, -0.1) is 11.3 Å². The summed E-state index contributed by atoms with van der Waals surface area (Å²) in [6.45, 7) is 5.82. The number of hydrogen-bond acceptors (Lipinski definition) is 7. The number of fused-ring (bicyclic) bond motifs is 2. The van der Waals surface area contributed by atoms with E-state index in [9.17, 15) is 20.1 Å². The maximum Gasteiger partial charge on any atom is 0.223 e. The van der Waals surface area contributed by atoms with Crippen LogP contribution in [-0.4, -0.2) is 56.9 Å². The van der Waals surface area contributed by atoms with Crippen molar-refractivity contribution in [2.45, 2.75) is 70.8 Å². The smallest absolute Gasteiger partial charge is 0.223 e. The molecule has 0 bridgehead atoms. The van der Waals surface area contributed by atoms with Crippen molar-refractivity contribution in [1.82, 2.24) is 9.88 Å². The van der Waals surface area contributed by atoms with E-state index >= 15 is 0 Å². The van der Waals surface area contributed by atoms with Crippen LogP contribution >= 0.6 is 11.3 Å². The summed E-state index contributed by atoms with van der Waals surface area (Å²) in [6, 6.07) is 6.97. The molecule has 2 aliphatic carbocycles. The highest BCUT2D eigenvalue weighted by molar-refractivity contribution is 7.15. The van der Waals surface area contributed by atoms with E-state index in [1.165, 1.54) is 6.42 Å². The molecule has 3 aliphatic rings. The van der Waals surface area contributed by atoms with Crippen LogP contribution in [0.3, 0.4) is 0 Å². The van der Waals surface area contributed by atoms with Gasteiger partial charge in [0, 0.05) is 47.5 Å². The quantitative estimate of drug-likeness (QED) is 0.486. The van der Waals surface area contributed by atoms with Gasteiger partial charge in [0.25, 0.3) is 0 Å². The summed E-state index contributed by atoms with van der Waals surface area (Å²) in [6.07, 6.45) is 5.30. The van der Waals surface area contributed by atoms with Crippen LogP contribution in [0.25, 0.3) is 0 Å². The van der Waals surface area contributed by atoms with Crippen molar-refractivity contribution >= 4 is 28.1 Å². The fraction of sp³-hybridized carbons (Fsp3) is 0.630. The summed E-state index contributed by atoms with van der Waals surface area (Å²) in [5, 5.41) is 35.3. The van der Waals surface area contributed by atoms with E-state index in [0.29, 0.717) is 12.8 Å². The molecule has 1 saturated heterocycles. The van der Waals surface area contributed by atoms with Gasteiger partial charge in [0.05, 0.1) is 18.4 Å². The molecule has 35 heavy (non-hydrogen) atoms. The number of likely N-dealkylation sites (tertiary alicyclic amines) is 1. The van der Waals surface area contributed by atoms with Crippen LogP contribution < -0.4 is 5.32 Å². The molecule has 0 spiro atoms. The third kappa shape index (κ3) is 4.34. The molecule has 8 heteroatoms. The number of piperidine rings is 1. The van der Waals surface area contributed by atoms with Gasteiger partial charge in [-0.3, -0.25) is 4.79 Å². The minimum absolute atomic E-state index is 0.0458. The van der Waals surface area contributed by atoms with Crippen molar-refractivity contribution in [3.8, 4) is 5.75 Å². The number of phenolic OH excluding ortho intramolecular Hbond substituents is 1. The number of phenols is 1. The lowest BCUT2D eigenvalue weighted by Crippen LogP contribution is -2.57. The highest BCUT2D eigenvalue weighted by atomic mass is 32.1. The predicted molar refractivity (Wildman–Crippen MR) is 137 cm³/mol. The maximum atomic E-state index is 13.5. The third-order valence-electron chi connectivity index (χ3n) is 9.08. The number of aliphatic hydroxyl groups excluding tert-OH is 2. The van der Waals surface area contributed by atoms with E-state index in [1.54, 1.807) is 29.5 Å². The SMILES string of the molecule is CC1(CO)C(O)CCC2(C)C(CC(=O)N3CCCCC3)c3nc(Nc4cccc(O)c4)sc3CC12. The number of anilines is 2. The second-order valence-corrected chi connectivity index (χ2v) is 12.3. The number of hydrogen-bond donors (Lipinski definition) is 4. The molecule has 5 atom stereocenters. The molecule has 190 valence electrons. The minimum Gasteiger partial charge on any atom is -0.508 e. The largest absolute Gasteiger partial charge is 0.508 e. The Labute approximate surface area is 211 Å². The normalized spacial score (nSPS) is 32.6. The zero-order valence-corrected chi connectivity index (χ0v) is 21.5. The number of benzene rings is 1. The highest BCUT2D eigenvalue weighted by Crippen LogP contribution is 2.63. The van der Waals surface area contributed by atoms with Gasteiger partial charge in [0.2, 0.25) is 5.91 Å². The van der Waals surface area contributed by atoms with Crippen LogP contribution in [0.5, 0.6) is 5.75 Å². The molecule has 4 N–H and O–H groups in total. The molecule has 2 heterocycles. The van der Waals surface area contributed by atoms with E-state index in [2.05, 4.69) is 12.2 Å². The van der Waals surface area contributed by atoms with Crippen molar-refractivity contribution in [3.05, 3.63) is 34.8 Å². The number of rotatable bonds is 5. The van der Waals surface area contributed by atoms with Crippen molar-refractivity contribution in [3.63, 3.8) is 0 Å². The number of thiazole rings is 1. The maximum absolute atomic E-state index is 13.5. The first-order valence-corrected chi connectivity index (χ1v) is 13.7. The molecule has 0 radical (unpaired) electrons. The fourth-order valence-corrected chi connectivity index (χ4v) is 7.94. The Morgan fingerprint density at radius 3 is 2.74 bits per heavy atom. The van der Waals surface area contributed by atoms with E-state index in [-0.39, 0.29) is 35.5 Å². The van der Waals surface area contributed by atoms with Crippen molar-refractivity contribution in [2.75, 3.05) is 25.0 Å². The molecule has 2 aromatic rings. The van der Waals surface area contributed by atoms with Gasteiger partial charge >= 0.3 is 0 Å². The lowest BCUT2D eigenvalue weighted by molar-refractivity contribution is -0.147. The standard InChI is InChI=1S/C27H37N3O4S/c1-26-10-9-22(33)27(2,16-31)21(26)15-20-24(19(26)14-23(34)30-11-4-3-5-12-30)29-25(35-20)28-17-7-6-8-18(32)13-17/h6-8,13,19,21-22,31-33H,3-5,9-12,14-16H2,1-2H3,(H,28,29). The zero-order chi connectivity index (χ0) is 24.8. The molecule has 2 fully saturated rings. The van der Waals surface area contributed by atoms with Crippen molar-refractivity contribution in [1.29, 1.82) is 0 Å². The monoisotopic (exact) mass is 499 g/mol. The molecular formula is C27H37N3O4S. The number of nitrogens with one attached hydrogen (secondary N) is 1. The van der Waals surface area contributed by atoms with Gasteiger partial charge < -0.3 is 25.5 Å². The summed E-state index contributed by atoms with van der Waals surface area (Å²) < 4.78 is 0. The summed E-state index contributed by atoms with van der Waals surface area (Å²) in [7, 11) is 0. The van der Waals surface area contributed by atoms with Crippen LogP contribution in [0.4, 0.5) is 10.8 Å². The van der Waals surface area contributed by atoms with Crippen molar-refractivity contribution in [2.24, 2.45) is 16.7 Å². The number of aromatic hydroxyl groups is 1. The average Bonchev–Trinajstić information content (AvgIpc) is 3.25. The number of amides is 1. The van der Waals surface area contributed by atoms with Crippen molar-refractivity contribution < 1.29 is 20.1 Å². The molecule has 7 nitrogen and oxygen atoms in total. The van der Waals surface area contributed by atoms with Crippen LogP contribution in [0.2, 0.25) is 0 Å². The van der Waals surface area contributed by atoms with Gasteiger partial charge in [-0.2, -0.15) is 0 Å². The van der Waals surface area contributed by atoms with Crippen LogP contribution in [0.15, 0.2) is 24.3 Å². The topological polar surface area (TPSA) is 106 Å². The number of aliphatic hydroxyl groups is 2. The molecule has 5 rings (SSSR count). The average molecular weight is 500 g/mol. The van der Waals surface area contributed by atoms with Gasteiger partial charge in [-0.1, -0.05) is 19.9 Å². The number of aromatic nitrogens is 1. The van der Waals surface area contributed by atoms with Gasteiger partial charge in [-0.05, 0) is 62.0 Å². The zero-order valence-electron chi connectivity index (χ0n) is 20.7. The first-order valence-electron chi connectivity index (χ1n) is 12.9. The highest BCUT2D eigenvalue weighted by Gasteiger charge is 2.59. The Hall–Kier alpha value is -2.16. The van der Waals surface area contributed by atoms with Crippen LogP contribution in [-0.2, 0) is 11.2 Å². The van der Waals surface area contributed by atoms with Crippen LogP contribution in [0, 0.1) is 16.7 Å². The molecule has 1 aliphatic heterocycles. The van der Waals surface area contributed by atoms with Gasteiger partial charge in [-0.25, -0.2) is 4.98 Å². The Bertz CT molecular complexity index is 1080.